The second-order valence-electron chi connectivity index (χ2n) is 17.7. The number of nitrogens with one attached hydrogen (secondary N) is 1. The fourth-order valence-electron chi connectivity index (χ4n) is 10.1. The van der Waals surface area contributed by atoms with Crippen LogP contribution in [0.3, 0.4) is 0 Å². The predicted octanol–water partition coefficient (Wildman–Crippen LogP) is 4.29. The average molecular weight is 828 g/mol. The largest absolute Gasteiger partial charge is 0.458 e. The zero-order valence-electron chi connectivity index (χ0n) is 36.3. The second kappa shape index (κ2) is 18.5. The topological polar surface area (TPSA) is 179 Å². The molecule has 14 atom stereocenters. The minimum absolute atomic E-state index is 0.0663. The Labute approximate surface area is 348 Å². The van der Waals surface area contributed by atoms with Crippen LogP contribution in [0.25, 0.3) is 0 Å². The minimum Gasteiger partial charge on any atom is -0.458 e. The maximum Gasteiger partial charge on any atom is 0.410 e. The number of aliphatic hydroxyl groups is 1. The predicted molar refractivity (Wildman–Crippen MR) is 219 cm³/mol. The lowest BCUT2D eigenvalue weighted by Gasteiger charge is -2.48. The lowest BCUT2D eigenvalue weighted by molar-refractivity contribution is -0.302. The van der Waals surface area contributed by atoms with E-state index in [-0.39, 0.29) is 43.8 Å². The van der Waals surface area contributed by atoms with Crippen molar-refractivity contribution in [3.8, 4) is 0 Å². The maximum absolute atomic E-state index is 14.5. The van der Waals surface area contributed by atoms with Crippen LogP contribution in [0.2, 0.25) is 0 Å². The highest BCUT2D eigenvalue weighted by Gasteiger charge is 2.60. The molecule has 0 saturated carbocycles. The molecule has 6 rings (SSSR count). The van der Waals surface area contributed by atoms with Gasteiger partial charge in [-0.05, 0) is 79.1 Å². The highest BCUT2D eigenvalue weighted by Crippen LogP contribution is 2.45. The van der Waals surface area contributed by atoms with E-state index in [1.807, 2.05) is 71.8 Å². The molecule has 0 aromatic heterocycles. The molecule has 1 aromatic rings. The molecule has 4 fully saturated rings. The van der Waals surface area contributed by atoms with Gasteiger partial charge in [-0.15, -0.1) is 0 Å². The third kappa shape index (κ3) is 9.47. The fourth-order valence-corrected chi connectivity index (χ4v) is 10.1. The first-order valence-corrected chi connectivity index (χ1v) is 21.1. The van der Waals surface area contributed by atoms with Gasteiger partial charge in [0, 0.05) is 35.8 Å². The van der Waals surface area contributed by atoms with Crippen LogP contribution in [0.5, 0.6) is 0 Å². The Bertz CT molecular complexity index is 1710. The average Bonchev–Trinajstić information content (AvgIpc) is 3.33. The number of oxime groups is 1. The number of hydrogen-bond acceptors (Lipinski definition) is 14. The van der Waals surface area contributed by atoms with Crippen molar-refractivity contribution in [3.63, 3.8) is 0 Å². The summed E-state index contributed by atoms with van der Waals surface area (Å²) < 4.78 is 39.5. The minimum atomic E-state index is -1.16. The highest BCUT2D eigenvalue weighted by molar-refractivity contribution is 5.92. The normalized spacial score (nSPS) is 40.2. The van der Waals surface area contributed by atoms with E-state index in [4.69, 9.17) is 38.3 Å². The van der Waals surface area contributed by atoms with Crippen LogP contribution < -0.4 is 5.32 Å². The molecule has 59 heavy (non-hydrogen) atoms. The molecule has 2 N–H and O–H groups in total. The quantitative estimate of drug-likeness (QED) is 0.281. The number of para-hydroxylation sites is 1. The first kappa shape index (κ1) is 44.9. The van der Waals surface area contributed by atoms with Crippen LogP contribution in [0.1, 0.15) is 74.7 Å². The summed E-state index contributed by atoms with van der Waals surface area (Å²) in [7, 11) is 3.84. The van der Waals surface area contributed by atoms with Crippen molar-refractivity contribution in [2.45, 2.75) is 135 Å². The lowest BCUT2D eigenvalue weighted by Crippen LogP contribution is -2.60. The Morgan fingerprint density at radius 3 is 2.51 bits per heavy atom. The number of likely N-dealkylation sites (N-methyl/N-ethyl adjacent to an activating group) is 1. The summed E-state index contributed by atoms with van der Waals surface area (Å²) in [6, 6.07) is 8.35. The van der Waals surface area contributed by atoms with Crippen LogP contribution in [0.4, 0.5) is 10.5 Å². The summed E-state index contributed by atoms with van der Waals surface area (Å²) in [5.41, 5.74) is -0.442. The Morgan fingerprint density at radius 1 is 1.08 bits per heavy atom. The van der Waals surface area contributed by atoms with Gasteiger partial charge in [-0.25, -0.2) is 4.79 Å². The van der Waals surface area contributed by atoms with Crippen LogP contribution in [0.15, 0.2) is 40.5 Å². The Balaban J connectivity index is 1.41. The molecule has 2 amide bonds. The molecule has 16 nitrogen and oxygen atoms in total. The molecule has 5 aliphatic heterocycles. The van der Waals surface area contributed by atoms with Crippen molar-refractivity contribution in [1.82, 2.24) is 9.80 Å². The van der Waals surface area contributed by atoms with Crippen molar-refractivity contribution in [2.24, 2.45) is 33.8 Å². The summed E-state index contributed by atoms with van der Waals surface area (Å²) in [5, 5.41) is 18.9. The first-order valence-electron chi connectivity index (χ1n) is 21.1. The van der Waals surface area contributed by atoms with Gasteiger partial charge in [0.15, 0.2) is 18.5 Å². The van der Waals surface area contributed by atoms with E-state index in [1.54, 1.807) is 24.0 Å². The van der Waals surface area contributed by atoms with Crippen LogP contribution >= 0.6 is 0 Å². The van der Waals surface area contributed by atoms with E-state index in [9.17, 15) is 19.5 Å². The van der Waals surface area contributed by atoms with Crippen LogP contribution in [0, 0.1) is 23.7 Å². The van der Waals surface area contributed by atoms with Crippen LogP contribution in [-0.4, -0.2) is 151 Å². The second-order valence-corrected chi connectivity index (χ2v) is 17.7. The molecular formula is C43H65N5O11. The molecule has 328 valence electrons. The molecule has 4 saturated heterocycles. The number of amides is 2. The van der Waals surface area contributed by atoms with Crippen molar-refractivity contribution >= 4 is 35.1 Å². The van der Waals surface area contributed by atoms with E-state index in [0.29, 0.717) is 43.8 Å². The van der Waals surface area contributed by atoms with Crippen molar-refractivity contribution in [2.75, 3.05) is 52.3 Å². The number of ether oxygens (including phenoxy) is 6. The van der Waals surface area contributed by atoms with Gasteiger partial charge in [-0.1, -0.05) is 51.0 Å². The maximum atomic E-state index is 14.5. The zero-order valence-corrected chi connectivity index (χ0v) is 36.3. The summed E-state index contributed by atoms with van der Waals surface area (Å²) >= 11 is 0. The van der Waals surface area contributed by atoms with E-state index >= 15 is 0 Å². The number of rotatable bonds is 8. The number of esters is 1. The number of nitrogens with zero attached hydrogens (tertiary/aromatic N) is 4. The molecular weight excluding hydrogens is 762 g/mol. The van der Waals surface area contributed by atoms with Crippen molar-refractivity contribution in [3.05, 3.63) is 30.3 Å². The van der Waals surface area contributed by atoms with E-state index in [2.05, 4.69) is 24.3 Å². The first-order chi connectivity index (χ1) is 28.0. The van der Waals surface area contributed by atoms with E-state index in [1.165, 1.54) is 0 Å². The Hall–Kier alpha value is -3.67. The molecule has 16 heteroatoms. The van der Waals surface area contributed by atoms with Gasteiger partial charge in [0.25, 0.3) is 5.91 Å². The fraction of sp³-hybridized carbons (Fsp3) is 0.744. The number of cyclic esters (lactones) is 1. The number of fused-ring (bicyclic) bond motifs is 4. The van der Waals surface area contributed by atoms with Gasteiger partial charge < -0.3 is 48.6 Å². The van der Waals surface area contributed by atoms with Gasteiger partial charge in [-0.3, -0.25) is 19.5 Å². The van der Waals surface area contributed by atoms with Crippen molar-refractivity contribution < 1.29 is 52.7 Å². The monoisotopic (exact) mass is 827 g/mol. The van der Waals surface area contributed by atoms with E-state index in [0.717, 1.165) is 5.71 Å². The van der Waals surface area contributed by atoms with Crippen LogP contribution in [-0.2, 0) is 42.8 Å². The molecule has 0 radical (unpaired) electrons. The number of aliphatic imine (C=N–C) groups is 1. The number of aliphatic hydroxyl groups excluding tert-OH is 1. The standard InChI is InChI=1S/C43H65N5O11/c1-11-32-43(8)37-26(4)34(44-17-18-48(37)41(52)59-43)24(2)20-42(7)38(58-40-35(50)31(47(9)10)19-25(3)56-40)27(5)36(28(6)39(51)57-32)53-21-30(22-54-42)46-55-23-33(49)45-29-15-13-12-14-16-29/h12-16,24-28,31-32,35-38,40,50H,11,17-23H2,1-10H3,(H,45,49)/t24-,25+,26+,27-,28-,31-,32+,35+,36+,37-,38+,40-,42-,43-/m1/s1. The molecule has 5 aliphatic rings. The molecule has 4 bridgehead atoms. The Morgan fingerprint density at radius 2 is 1.81 bits per heavy atom. The van der Waals surface area contributed by atoms with Gasteiger partial charge in [0.1, 0.15) is 17.9 Å². The number of anilines is 1. The van der Waals surface area contributed by atoms with Gasteiger partial charge in [0.05, 0.1) is 55.6 Å². The zero-order chi connectivity index (χ0) is 42.8. The van der Waals surface area contributed by atoms with Gasteiger partial charge >= 0.3 is 12.1 Å². The van der Waals surface area contributed by atoms with Crippen molar-refractivity contribution in [1.29, 1.82) is 0 Å². The molecule has 5 heterocycles. The summed E-state index contributed by atoms with van der Waals surface area (Å²) in [6.07, 6.45) is -3.74. The lowest BCUT2D eigenvalue weighted by atomic mass is 9.72. The summed E-state index contributed by atoms with van der Waals surface area (Å²) in [4.78, 5) is 55.2. The third-order valence-electron chi connectivity index (χ3n) is 13.0. The van der Waals surface area contributed by atoms with E-state index < -0.39 is 77.8 Å². The van der Waals surface area contributed by atoms with Gasteiger partial charge in [0.2, 0.25) is 0 Å². The molecule has 1 aromatic carbocycles. The molecule has 0 spiro atoms. The number of hydrogen-bond donors (Lipinski definition) is 2. The number of carbonyl (C=O) groups is 3. The SMILES string of the molecule is CC[C@@H]1OC(=O)[C@H](C)[C@H]2OCC(=NOCC(=O)Nc3ccccc3)CO[C@](C)(C[C@@H](C)C3=NCCN4C(=O)O[C@@]1(C)[C@H]4[C@H]3C)[C@@H](O[C@H]1O[C@@H](C)C[C@@H](N(C)C)[C@@H]1O)[C@@H]2C. The summed E-state index contributed by atoms with van der Waals surface area (Å²) in [5.74, 6) is -2.83. The Kier molecular flexibility index (Phi) is 14.1. The highest BCUT2D eigenvalue weighted by atomic mass is 16.7. The smallest absolute Gasteiger partial charge is 0.410 e. The number of carbonyl (C=O) groups excluding carboxylic acids is 3. The molecule has 0 aliphatic carbocycles. The number of benzene rings is 1. The molecule has 0 unspecified atom stereocenters. The summed E-state index contributed by atoms with van der Waals surface area (Å²) in [6.45, 7) is 15.8. The van der Waals surface area contributed by atoms with Gasteiger partial charge in [-0.2, -0.15) is 0 Å². The third-order valence-corrected chi connectivity index (χ3v) is 13.0.